The highest BCUT2D eigenvalue weighted by atomic mass is 35.5. The SMILES string of the molecule is COc1cc(C2Nc3ccccc3-c3nc4ccccc4n32)ccc1OCc1ccccc1Cl. The Morgan fingerprint density at radius 3 is 2.59 bits per heavy atom. The lowest BCUT2D eigenvalue weighted by molar-refractivity contribution is 0.284. The summed E-state index contributed by atoms with van der Waals surface area (Å²) in [6.07, 6.45) is -0.149. The Hall–Kier alpha value is -3.96. The van der Waals surface area contributed by atoms with Crippen LogP contribution in [-0.2, 0) is 6.61 Å². The second-order valence-electron chi connectivity index (χ2n) is 8.18. The first-order valence-corrected chi connectivity index (χ1v) is 11.5. The third-order valence-electron chi connectivity index (χ3n) is 6.16. The minimum Gasteiger partial charge on any atom is -0.493 e. The molecule has 34 heavy (non-hydrogen) atoms. The van der Waals surface area contributed by atoms with E-state index in [1.54, 1.807) is 7.11 Å². The second kappa shape index (κ2) is 8.43. The highest BCUT2D eigenvalue weighted by Crippen LogP contribution is 2.42. The minimum atomic E-state index is -0.149. The van der Waals surface area contributed by atoms with E-state index in [-0.39, 0.29) is 6.17 Å². The van der Waals surface area contributed by atoms with Crippen molar-refractivity contribution in [2.24, 2.45) is 0 Å². The van der Waals surface area contributed by atoms with Crippen LogP contribution >= 0.6 is 11.6 Å². The van der Waals surface area contributed by atoms with E-state index < -0.39 is 0 Å². The van der Waals surface area contributed by atoms with Crippen LogP contribution in [0.3, 0.4) is 0 Å². The summed E-state index contributed by atoms with van der Waals surface area (Å²) in [6, 6.07) is 30.2. The fourth-order valence-corrected chi connectivity index (χ4v) is 4.68. The van der Waals surface area contributed by atoms with Crippen molar-refractivity contribution in [2.45, 2.75) is 12.8 Å². The van der Waals surface area contributed by atoms with Gasteiger partial charge >= 0.3 is 0 Å². The largest absolute Gasteiger partial charge is 0.493 e. The Bertz CT molecular complexity index is 1510. The van der Waals surface area contributed by atoms with Crippen LogP contribution < -0.4 is 14.8 Å². The number of para-hydroxylation sites is 3. The number of methoxy groups -OCH3 is 1. The molecule has 0 spiro atoms. The summed E-state index contributed by atoms with van der Waals surface area (Å²) in [5.41, 5.74) is 6.14. The zero-order chi connectivity index (χ0) is 23.1. The van der Waals surface area contributed by atoms with Gasteiger partial charge in [-0.1, -0.05) is 60.1 Å². The van der Waals surface area contributed by atoms with Crippen LogP contribution in [0.15, 0.2) is 91.0 Å². The molecule has 1 unspecified atom stereocenters. The van der Waals surface area contributed by atoms with Crippen LogP contribution in [0.25, 0.3) is 22.4 Å². The molecule has 1 aliphatic rings. The molecule has 0 bridgehead atoms. The maximum absolute atomic E-state index is 6.29. The molecule has 6 heteroatoms. The molecule has 0 fully saturated rings. The van der Waals surface area contributed by atoms with Crippen LogP contribution in [0.2, 0.25) is 5.02 Å². The van der Waals surface area contributed by atoms with Crippen LogP contribution in [0.4, 0.5) is 5.69 Å². The average Bonchev–Trinajstić information content (AvgIpc) is 3.28. The first-order chi connectivity index (χ1) is 16.7. The number of benzene rings is 4. The Kier molecular flexibility index (Phi) is 5.12. The third-order valence-corrected chi connectivity index (χ3v) is 6.53. The Morgan fingerprint density at radius 2 is 1.71 bits per heavy atom. The number of imidazole rings is 1. The van der Waals surface area contributed by atoms with E-state index in [4.69, 9.17) is 26.1 Å². The lowest BCUT2D eigenvalue weighted by Gasteiger charge is -2.30. The molecule has 0 saturated carbocycles. The Morgan fingerprint density at radius 1 is 0.912 bits per heavy atom. The average molecular weight is 468 g/mol. The number of anilines is 1. The minimum absolute atomic E-state index is 0.149. The van der Waals surface area contributed by atoms with Crippen LogP contribution in [0.5, 0.6) is 11.5 Å². The van der Waals surface area contributed by atoms with E-state index in [2.05, 4.69) is 34.1 Å². The van der Waals surface area contributed by atoms with Gasteiger partial charge in [-0.05, 0) is 48.0 Å². The molecule has 1 aliphatic heterocycles. The molecule has 168 valence electrons. The number of nitrogens with zero attached hydrogens (tertiary/aromatic N) is 2. The van der Waals surface area contributed by atoms with Gasteiger partial charge in [0.1, 0.15) is 18.6 Å². The van der Waals surface area contributed by atoms with Crippen molar-refractivity contribution >= 4 is 28.3 Å². The van der Waals surface area contributed by atoms with Gasteiger partial charge in [-0.15, -0.1) is 0 Å². The van der Waals surface area contributed by atoms with E-state index in [1.165, 1.54) is 0 Å². The molecule has 1 aromatic heterocycles. The van der Waals surface area contributed by atoms with Gasteiger partial charge < -0.3 is 14.8 Å². The van der Waals surface area contributed by atoms with Crippen molar-refractivity contribution in [1.82, 2.24) is 9.55 Å². The maximum atomic E-state index is 6.29. The summed E-state index contributed by atoms with van der Waals surface area (Å²) in [7, 11) is 1.66. The van der Waals surface area contributed by atoms with Gasteiger partial charge in [0.25, 0.3) is 0 Å². The molecular formula is C28H22ClN3O2. The summed E-state index contributed by atoms with van der Waals surface area (Å²) in [5, 5.41) is 4.38. The van der Waals surface area contributed by atoms with Gasteiger partial charge in [-0.2, -0.15) is 0 Å². The monoisotopic (exact) mass is 467 g/mol. The molecule has 5 nitrogen and oxygen atoms in total. The van der Waals surface area contributed by atoms with Crippen molar-refractivity contribution in [3.8, 4) is 22.9 Å². The number of halogens is 1. The highest BCUT2D eigenvalue weighted by Gasteiger charge is 2.28. The summed E-state index contributed by atoms with van der Waals surface area (Å²) >= 11 is 6.29. The molecule has 1 atom stereocenters. The van der Waals surface area contributed by atoms with Crippen LogP contribution in [-0.4, -0.2) is 16.7 Å². The number of rotatable bonds is 5. The van der Waals surface area contributed by atoms with Gasteiger partial charge in [-0.3, -0.25) is 4.57 Å². The molecule has 6 rings (SSSR count). The number of hydrogen-bond donors (Lipinski definition) is 1. The molecule has 1 N–H and O–H groups in total. The third kappa shape index (κ3) is 3.45. The first-order valence-electron chi connectivity index (χ1n) is 11.1. The van der Waals surface area contributed by atoms with Crippen molar-refractivity contribution in [2.75, 3.05) is 12.4 Å². The zero-order valence-corrected chi connectivity index (χ0v) is 19.3. The van der Waals surface area contributed by atoms with E-state index in [9.17, 15) is 0 Å². The van der Waals surface area contributed by atoms with Crippen molar-refractivity contribution in [3.05, 3.63) is 107 Å². The van der Waals surface area contributed by atoms with Crippen LogP contribution in [0.1, 0.15) is 17.3 Å². The molecule has 0 radical (unpaired) electrons. The normalized spacial score (nSPS) is 14.2. The number of nitrogens with one attached hydrogen (secondary N) is 1. The van der Waals surface area contributed by atoms with E-state index in [1.807, 2.05) is 66.7 Å². The summed E-state index contributed by atoms with van der Waals surface area (Å²) in [5.74, 6) is 2.27. The first kappa shape index (κ1) is 20.6. The van der Waals surface area contributed by atoms with Crippen LogP contribution in [0, 0.1) is 0 Å². The maximum Gasteiger partial charge on any atom is 0.161 e. The lowest BCUT2D eigenvalue weighted by atomic mass is 10.1. The quantitative estimate of drug-likeness (QED) is 0.305. The second-order valence-corrected chi connectivity index (χ2v) is 8.58. The molecule has 5 aromatic rings. The molecule has 2 heterocycles. The number of fused-ring (bicyclic) bond motifs is 5. The van der Waals surface area contributed by atoms with Gasteiger partial charge in [0.2, 0.25) is 0 Å². The molecule has 0 aliphatic carbocycles. The van der Waals surface area contributed by atoms with Crippen molar-refractivity contribution in [1.29, 1.82) is 0 Å². The van der Waals surface area contributed by atoms with E-state index in [0.29, 0.717) is 23.1 Å². The topological polar surface area (TPSA) is 48.3 Å². The highest BCUT2D eigenvalue weighted by molar-refractivity contribution is 6.31. The van der Waals surface area contributed by atoms with E-state index in [0.717, 1.165) is 39.2 Å². The lowest BCUT2D eigenvalue weighted by Crippen LogP contribution is -2.24. The predicted octanol–water partition coefficient (Wildman–Crippen LogP) is 6.92. The standard InChI is InChI=1S/C28H22ClN3O2/c1-33-26-16-18(14-15-25(26)34-17-19-8-2-4-10-21(19)29)27-30-22-11-5-3-9-20(22)28-31-23-12-6-7-13-24(23)32(27)28/h2-16,27,30H,17H2,1H3. The predicted molar refractivity (Wildman–Crippen MR) is 136 cm³/mol. The molecule has 0 saturated heterocycles. The number of ether oxygens (including phenoxy) is 2. The van der Waals surface area contributed by atoms with E-state index >= 15 is 0 Å². The zero-order valence-electron chi connectivity index (χ0n) is 18.5. The summed E-state index contributed by atoms with van der Waals surface area (Å²) < 4.78 is 14.0. The smallest absolute Gasteiger partial charge is 0.161 e. The van der Waals surface area contributed by atoms with Gasteiger partial charge in [-0.25, -0.2) is 4.98 Å². The fraction of sp³-hybridized carbons (Fsp3) is 0.107. The molecule has 4 aromatic carbocycles. The van der Waals surface area contributed by atoms with Crippen molar-refractivity contribution < 1.29 is 9.47 Å². The molecule has 0 amide bonds. The van der Waals surface area contributed by atoms with Crippen molar-refractivity contribution in [3.63, 3.8) is 0 Å². The number of aromatic nitrogens is 2. The number of hydrogen-bond acceptors (Lipinski definition) is 4. The summed E-state index contributed by atoms with van der Waals surface area (Å²) in [6.45, 7) is 0.362. The summed E-state index contributed by atoms with van der Waals surface area (Å²) in [4.78, 5) is 4.96. The van der Waals surface area contributed by atoms with Gasteiger partial charge in [0.15, 0.2) is 11.5 Å². The van der Waals surface area contributed by atoms with Gasteiger partial charge in [0.05, 0.1) is 18.1 Å². The van der Waals surface area contributed by atoms with Gasteiger partial charge in [0, 0.05) is 21.8 Å². The fourth-order valence-electron chi connectivity index (χ4n) is 4.49. The Balaban J connectivity index is 1.40. The Labute approximate surface area is 202 Å². The molecular weight excluding hydrogens is 446 g/mol.